The van der Waals surface area contributed by atoms with Gasteiger partial charge in [0.15, 0.2) is 5.03 Å². The Morgan fingerprint density at radius 3 is 2.57 bits per heavy atom. The molecule has 1 atom stereocenters. The maximum absolute atomic E-state index is 10.5. The number of rotatable bonds is 5. The minimum absolute atomic E-state index is 0.325. The van der Waals surface area contributed by atoms with E-state index in [9.17, 15) is 14.9 Å². The summed E-state index contributed by atoms with van der Waals surface area (Å²) in [7, 11) is 0. The predicted octanol–water partition coefficient (Wildman–Crippen LogP) is 0.578. The highest BCUT2D eigenvalue weighted by atomic mass is 16.7. The van der Waals surface area contributed by atoms with Crippen molar-refractivity contribution in [3.8, 4) is 0 Å². The van der Waals surface area contributed by atoms with Crippen LogP contribution < -0.4 is 5.43 Å². The van der Waals surface area contributed by atoms with E-state index in [-0.39, 0.29) is 0 Å². The maximum Gasteiger partial charge on any atom is 0.158 e. The molecule has 0 aliphatic rings. The van der Waals surface area contributed by atoms with E-state index in [4.69, 9.17) is 0 Å². The molecule has 0 radical (unpaired) electrons. The molecule has 1 N–H and O–H groups in total. The number of hydrogen-bond donors (Lipinski definition) is 1. The lowest BCUT2D eigenvalue weighted by Gasteiger charge is -2.06. The van der Waals surface area contributed by atoms with Crippen molar-refractivity contribution in [3.63, 3.8) is 0 Å². The second-order valence-corrected chi connectivity index (χ2v) is 2.82. The van der Waals surface area contributed by atoms with Gasteiger partial charge in [-0.25, -0.2) is 10.1 Å². The monoisotopic (exact) mass is 194 g/mol. The SMILES string of the molecule is O=C[C@H](Cc1ccccc1)N[N+](=O)[O-]. The topological polar surface area (TPSA) is 72.2 Å². The number of benzene rings is 1. The zero-order valence-electron chi connectivity index (χ0n) is 7.42. The van der Waals surface area contributed by atoms with Crippen LogP contribution in [0.2, 0.25) is 0 Å². The molecule has 0 spiro atoms. The smallest absolute Gasteiger partial charge is 0.158 e. The third kappa shape index (κ3) is 3.22. The van der Waals surface area contributed by atoms with Gasteiger partial charge in [0.05, 0.1) is 0 Å². The second-order valence-electron chi connectivity index (χ2n) is 2.82. The highest BCUT2D eigenvalue weighted by Gasteiger charge is 2.12. The van der Waals surface area contributed by atoms with Crippen molar-refractivity contribution in [1.29, 1.82) is 0 Å². The van der Waals surface area contributed by atoms with Crippen molar-refractivity contribution in [2.75, 3.05) is 0 Å². The summed E-state index contributed by atoms with van der Waals surface area (Å²) >= 11 is 0. The summed E-state index contributed by atoms with van der Waals surface area (Å²) in [5.74, 6) is 0. The van der Waals surface area contributed by atoms with E-state index >= 15 is 0 Å². The van der Waals surface area contributed by atoms with Crippen molar-refractivity contribution >= 4 is 6.29 Å². The molecule has 0 amide bonds. The Kier molecular flexibility index (Phi) is 3.60. The average Bonchev–Trinajstić information content (AvgIpc) is 2.17. The molecule has 0 unspecified atom stereocenters. The Morgan fingerprint density at radius 1 is 1.43 bits per heavy atom. The normalized spacial score (nSPS) is 11.7. The van der Waals surface area contributed by atoms with Gasteiger partial charge in [0, 0.05) is 6.42 Å². The Hall–Kier alpha value is -1.91. The standard InChI is InChI=1S/C9H10N2O3/c12-7-9(10-11(13)14)6-8-4-2-1-3-5-8/h1-5,7,9-10H,6H2/t9-/m0/s1. The van der Waals surface area contributed by atoms with Crippen LogP contribution in [0.3, 0.4) is 0 Å². The highest BCUT2D eigenvalue weighted by Crippen LogP contribution is 2.01. The van der Waals surface area contributed by atoms with Gasteiger partial charge in [-0.1, -0.05) is 30.3 Å². The van der Waals surface area contributed by atoms with Gasteiger partial charge in [-0.15, -0.1) is 5.43 Å². The molecule has 74 valence electrons. The molecule has 1 rings (SSSR count). The molecule has 0 heterocycles. The molecule has 1 aromatic carbocycles. The molecule has 5 heteroatoms. The first kappa shape index (κ1) is 10.2. The van der Waals surface area contributed by atoms with Crippen LogP contribution in [-0.4, -0.2) is 17.4 Å². The van der Waals surface area contributed by atoms with Crippen LogP contribution in [0.15, 0.2) is 30.3 Å². The van der Waals surface area contributed by atoms with E-state index in [0.717, 1.165) is 5.56 Å². The molecule has 0 saturated heterocycles. The third-order valence-electron chi connectivity index (χ3n) is 1.73. The fourth-order valence-electron chi connectivity index (χ4n) is 1.13. The first-order chi connectivity index (χ1) is 6.72. The summed E-state index contributed by atoms with van der Waals surface area (Å²) in [6, 6.07) is 8.36. The number of hydrogen-bond acceptors (Lipinski definition) is 3. The van der Waals surface area contributed by atoms with Crippen LogP contribution in [0.1, 0.15) is 5.56 Å². The molecular weight excluding hydrogens is 184 g/mol. The van der Waals surface area contributed by atoms with Gasteiger partial charge in [0.25, 0.3) is 0 Å². The number of nitrogens with one attached hydrogen (secondary N) is 1. The van der Waals surface area contributed by atoms with Crippen molar-refractivity contribution in [2.24, 2.45) is 0 Å². The quantitative estimate of drug-likeness (QED) is 0.422. The fraction of sp³-hybridized carbons (Fsp3) is 0.222. The van der Waals surface area contributed by atoms with E-state index in [2.05, 4.69) is 0 Å². The molecule has 0 fully saturated rings. The Bertz CT molecular complexity index is 313. The summed E-state index contributed by atoms with van der Waals surface area (Å²) < 4.78 is 0. The Morgan fingerprint density at radius 2 is 2.07 bits per heavy atom. The molecular formula is C9H10N2O3. The summed E-state index contributed by atoms with van der Waals surface area (Å²) in [6.45, 7) is 0. The zero-order chi connectivity index (χ0) is 10.4. The van der Waals surface area contributed by atoms with Crippen LogP contribution in [-0.2, 0) is 11.2 Å². The Balaban J connectivity index is 2.57. The molecule has 0 aliphatic carbocycles. The van der Waals surface area contributed by atoms with Crippen LogP contribution >= 0.6 is 0 Å². The first-order valence-corrected chi connectivity index (χ1v) is 4.12. The summed E-state index contributed by atoms with van der Waals surface area (Å²) in [4.78, 5) is 20.6. The van der Waals surface area contributed by atoms with Crippen molar-refractivity contribution in [3.05, 3.63) is 46.0 Å². The third-order valence-corrected chi connectivity index (χ3v) is 1.73. The lowest BCUT2D eigenvalue weighted by molar-refractivity contribution is -0.548. The maximum atomic E-state index is 10.5. The number of nitro groups is 1. The van der Waals surface area contributed by atoms with E-state index in [1.807, 2.05) is 35.8 Å². The minimum atomic E-state index is -0.771. The highest BCUT2D eigenvalue weighted by molar-refractivity contribution is 5.58. The van der Waals surface area contributed by atoms with Crippen molar-refractivity contribution < 1.29 is 9.83 Å². The molecule has 0 aliphatic heterocycles. The second kappa shape index (κ2) is 4.96. The van der Waals surface area contributed by atoms with Crippen molar-refractivity contribution in [1.82, 2.24) is 5.43 Å². The lowest BCUT2D eigenvalue weighted by atomic mass is 10.1. The molecule has 1 aromatic rings. The largest absolute Gasteiger partial charge is 0.301 e. The minimum Gasteiger partial charge on any atom is -0.301 e. The number of carbonyl (C=O) groups excluding carboxylic acids is 1. The number of nitrogens with zero attached hydrogens (tertiary/aromatic N) is 1. The molecule has 0 saturated carbocycles. The summed E-state index contributed by atoms with van der Waals surface area (Å²) in [5, 5.41) is 9.39. The number of carbonyl (C=O) groups is 1. The number of aldehydes is 1. The van der Waals surface area contributed by atoms with Crippen LogP contribution in [0.5, 0.6) is 0 Å². The van der Waals surface area contributed by atoms with Crippen LogP contribution in [0.25, 0.3) is 0 Å². The molecule has 0 aromatic heterocycles. The molecule has 5 nitrogen and oxygen atoms in total. The van der Waals surface area contributed by atoms with E-state index in [1.165, 1.54) is 0 Å². The summed E-state index contributed by atoms with van der Waals surface area (Å²) in [6.07, 6.45) is 0.862. The first-order valence-electron chi connectivity index (χ1n) is 4.12. The van der Waals surface area contributed by atoms with Crippen molar-refractivity contribution in [2.45, 2.75) is 12.5 Å². The van der Waals surface area contributed by atoms with Gasteiger partial charge in [-0.3, -0.25) is 0 Å². The van der Waals surface area contributed by atoms with E-state index < -0.39 is 11.1 Å². The van der Waals surface area contributed by atoms with Gasteiger partial charge in [0.2, 0.25) is 0 Å². The average molecular weight is 194 g/mol. The Labute approximate surface area is 80.9 Å². The number of hydrazine groups is 1. The van der Waals surface area contributed by atoms with Gasteiger partial charge in [0.1, 0.15) is 12.3 Å². The summed E-state index contributed by atoms with van der Waals surface area (Å²) in [5.41, 5.74) is 2.82. The van der Waals surface area contributed by atoms with Gasteiger partial charge in [-0.05, 0) is 5.56 Å². The van der Waals surface area contributed by atoms with Crippen LogP contribution in [0.4, 0.5) is 0 Å². The van der Waals surface area contributed by atoms with Gasteiger partial charge in [-0.2, -0.15) is 0 Å². The fourth-order valence-corrected chi connectivity index (χ4v) is 1.13. The van der Waals surface area contributed by atoms with Gasteiger partial charge >= 0.3 is 0 Å². The molecule has 0 bridgehead atoms. The van der Waals surface area contributed by atoms with E-state index in [1.54, 1.807) is 0 Å². The van der Waals surface area contributed by atoms with Gasteiger partial charge < -0.3 is 4.79 Å². The zero-order valence-corrected chi connectivity index (χ0v) is 7.42. The predicted molar refractivity (Wildman–Crippen MR) is 50.1 cm³/mol. The lowest BCUT2D eigenvalue weighted by Crippen LogP contribution is -2.36. The van der Waals surface area contributed by atoms with E-state index in [0.29, 0.717) is 12.7 Å². The van der Waals surface area contributed by atoms with Crippen LogP contribution in [0, 0.1) is 10.1 Å². The molecule has 14 heavy (non-hydrogen) atoms.